The maximum atomic E-state index is 11.8. The zero-order chi connectivity index (χ0) is 15.7. The third-order valence-corrected chi connectivity index (χ3v) is 4.75. The molecule has 7 heteroatoms. The smallest absolute Gasteiger partial charge is 0.311 e. The van der Waals surface area contributed by atoms with E-state index in [4.69, 9.17) is 5.73 Å². The Hall–Kier alpha value is -1.89. The number of fused-ring (bicyclic) bond motifs is 1. The van der Waals surface area contributed by atoms with Gasteiger partial charge in [0.25, 0.3) is 5.91 Å². The number of aryl methyl sites for hydroxylation is 1. The number of hydrogen-bond acceptors (Lipinski definition) is 4. The monoisotopic (exact) mass is 310 g/mol. The molecule has 114 valence electrons. The molecule has 4 N–H and O–H groups in total. The Bertz CT molecular complexity index is 606. The van der Waals surface area contributed by atoms with Crippen LogP contribution in [0, 0.1) is 5.92 Å². The normalized spacial score (nSPS) is 17.4. The minimum absolute atomic E-state index is 0.163. The molecule has 0 radical (unpaired) electrons. The van der Waals surface area contributed by atoms with E-state index < -0.39 is 17.8 Å². The number of carboxylic acids is 1. The van der Waals surface area contributed by atoms with Gasteiger partial charge in [0.2, 0.25) is 5.91 Å². The minimum Gasteiger partial charge on any atom is -0.481 e. The minimum atomic E-state index is -0.960. The average molecular weight is 310 g/mol. The quantitative estimate of drug-likeness (QED) is 0.789. The molecule has 1 aromatic rings. The van der Waals surface area contributed by atoms with Gasteiger partial charge in [0.05, 0.1) is 11.5 Å². The number of thiophene rings is 1. The van der Waals surface area contributed by atoms with E-state index in [1.807, 2.05) is 0 Å². The fourth-order valence-electron chi connectivity index (χ4n) is 2.49. The van der Waals surface area contributed by atoms with Crippen LogP contribution in [0.4, 0.5) is 5.00 Å². The Labute approximate surface area is 126 Å². The summed E-state index contributed by atoms with van der Waals surface area (Å²) in [5.41, 5.74) is 6.07. The lowest BCUT2D eigenvalue weighted by molar-refractivity contribution is -0.139. The van der Waals surface area contributed by atoms with Gasteiger partial charge in [-0.3, -0.25) is 14.4 Å². The summed E-state index contributed by atoms with van der Waals surface area (Å²) in [5, 5.41) is 12.4. The summed E-state index contributed by atoms with van der Waals surface area (Å²) in [6.45, 7) is 3.49. The molecule has 1 heterocycles. The number of rotatable bonds is 4. The summed E-state index contributed by atoms with van der Waals surface area (Å²) in [5.74, 6) is -2.84. The second-order valence-electron chi connectivity index (χ2n) is 5.43. The molecule has 6 nitrogen and oxygen atoms in total. The van der Waals surface area contributed by atoms with Crippen LogP contribution in [0.2, 0.25) is 0 Å². The first-order valence-electron chi connectivity index (χ1n) is 6.82. The molecular weight excluding hydrogens is 292 g/mol. The number of aliphatic carboxylic acids is 1. The number of carbonyl (C=O) groups is 3. The Morgan fingerprint density at radius 2 is 2.05 bits per heavy atom. The molecule has 0 aromatic carbocycles. The van der Waals surface area contributed by atoms with Crippen LogP contribution in [0.25, 0.3) is 0 Å². The lowest BCUT2D eigenvalue weighted by atomic mass is 9.85. The topological polar surface area (TPSA) is 109 Å². The van der Waals surface area contributed by atoms with E-state index in [0.29, 0.717) is 23.4 Å². The van der Waals surface area contributed by atoms with E-state index in [1.165, 1.54) is 11.3 Å². The highest BCUT2D eigenvalue weighted by atomic mass is 32.1. The van der Waals surface area contributed by atoms with Crippen molar-refractivity contribution in [2.24, 2.45) is 11.7 Å². The maximum Gasteiger partial charge on any atom is 0.311 e. The molecule has 2 amide bonds. The lowest BCUT2D eigenvalue weighted by Crippen LogP contribution is -2.24. The second-order valence-corrected chi connectivity index (χ2v) is 6.54. The molecule has 1 aliphatic rings. The van der Waals surface area contributed by atoms with Crippen molar-refractivity contribution in [1.82, 2.24) is 0 Å². The Balaban J connectivity index is 2.51. The van der Waals surface area contributed by atoms with E-state index in [2.05, 4.69) is 5.32 Å². The Morgan fingerprint density at radius 1 is 1.38 bits per heavy atom. The molecule has 1 aliphatic carbocycles. The number of nitrogens with two attached hydrogens (primary N) is 1. The van der Waals surface area contributed by atoms with Gasteiger partial charge in [-0.25, -0.2) is 0 Å². The van der Waals surface area contributed by atoms with Crippen molar-refractivity contribution >= 4 is 34.1 Å². The van der Waals surface area contributed by atoms with E-state index in [9.17, 15) is 19.5 Å². The predicted octanol–water partition coefficient (Wildman–Crippen LogP) is 1.95. The average Bonchev–Trinajstić information content (AvgIpc) is 2.75. The van der Waals surface area contributed by atoms with Crippen molar-refractivity contribution in [3.63, 3.8) is 0 Å². The molecule has 0 aliphatic heterocycles. The van der Waals surface area contributed by atoms with Gasteiger partial charge in [0.1, 0.15) is 5.00 Å². The summed E-state index contributed by atoms with van der Waals surface area (Å²) < 4.78 is 0. The first kappa shape index (κ1) is 15.5. The van der Waals surface area contributed by atoms with Gasteiger partial charge in [-0.05, 0) is 24.8 Å². The van der Waals surface area contributed by atoms with Crippen molar-refractivity contribution in [3.8, 4) is 0 Å². The molecule has 2 rings (SSSR count). The van der Waals surface area contributed by atoms with Crippen LogP contribution in [-0.2, 0) is 16.0 Å². The standard InChI is InChI=1S/C14H18N2O4S/c1-6(2)12(18)16-13-10(11(15)17)9-7(14(19)20)4-3-5-8(9)21-13/h6-7H,3-5H2,1-2H3,(H2,15,17)(H,16,18)(H,19,20). The van der Waals surface area contributed by atoms with Crippen LogP contribution in [-0.4, -0.2) is 22.9 Å². The third kappa shape index (κ3) is 2.92. The van der Waals surface area contributed by atoms with E-state index in [1.54, 1.807) is 13.8 Å². The van der Waals surface area contributed by atoms with Crippen LogP contribution >= 0.6 is 11.3 Å². The number of hydrogen-bond donors (Lipinski definition) is 3. The zero-order valence-corrected chi connectivity index (χ0v) is 12.8. The van der Waals surface area contributed by atoms with Crippen molar-refractivity contribution in [2.45, 2.75) is 39.0 Å². The number of nitrogens with one attached hydrogen (secondary N) is 1. The van der Waals surface area contributed by atoms with E-state index >= 15 is 0 Å². The molecule has 1 aromatic heterocycles. The summed E-state index contributed by atoms with van der Waals surface area (Å²) in [6, 6.07) is 0. The highest BCUT2D eigenvalue weighted by Gasteiger charge is 2.34. The number of anilines is 1. The molecule has 1 atom stereocenters. The van der Waals surface area contributed by atoms with Crippen LogP contribution in [0.5, 0.6) is 0 Å². The molecule has 0 saturated heterocycles. The summed E-state index contributed by atoms with van der Waals surface area (Å²) in [7, 11) is 0. The van der Waals surface area contributed by atoms with Crippen molar-refractivity contribution in [2.75, 3.05) is 5.32 Å². The van der Waals surface area contributed by atoms with Crippen LogP contribution in [0.3, 0.4) is 0 Å². The van der Waals surface area contributed by atoms with Gasteiger partial charge in [-0.1, -0.05) is 13.8 Å². The maximum absolute atomic E-state index is 11.8. The van der Waals surface area contributed by atoms with Crippen molar-refractivity contribution in [3.05, 3.63) is 16.0 Å². The number of amides is 2. The van der Waals surface area contributed by atoms with E-state index in [0.717, 1.165) is 11.3 Å². The Morgan fingerprint density at radius 3 is 2.57 bits per heavy atom. The molecule has 21 heavy (non-hydrogen) atoms. The number of primary amides is 1. The number of carboxylic acid groups (broad SMARTS) is 1. The fraction of sp³-hybridized carbons (Fsp3) is 0.500. The lowest BCUT2D eigenvalue weighted by Gasteiger charge is -2.19. The zero-order valence-electron chi connectivity index (χ0n) is 11.9. The Kier molecular flexibility index (Phi) is 4.32. The highest BCUT2D eigenvalue weighted by Crippen LogP contribution is 2.43. The SMILES string of the molecule is CC(C)C(=O)Nc1sc2c(c1C(N)=O)C(C(=O)O)CCC2. The van der Waals surface area contributed by atoms with Gasteiger partial charge in [0, 0.05) is 10.8 Å². The van der Waals surface area contributed by atoms with Gasteiger partial charge in [0.15, 0.2) is 0 Å². The molecule has 0 bridgehead atoms. The number of carbonyl (C=O) groups excluding carboxylic acids is 2. The largest absolute Gasteiger partial charge is 0.481 e. The molecular formula is C14H18N2O4S. The third-order valence-electron chi connectivity index (χ3n) is 3.57. The molecule has 0 saturated carbocycles. The summed E-state index contributed by atoms with van der Waals surface area (Å²) >= 11 is 1.26. The van der Waals surface area contributed by atoms with Gasteiger partial charge >= 0.3 is 5.97 Å². The second kappa shape index (κ2) is 5.85. The van der Waals surface area contributed by atoms with E-state index in [-0.39, 0.29) is 17.4 Å². The first-order valence-corrected chi connectivity index (χ1v) is 7.63. The highest BCUT2D eigenvalue weighted by molar-refractivity contribution is 7.17. The van der Waals surface area contributed by atoms with Crippen LogP contribution in [0.15, 0.2) is 0 Å². The molecule has 1 unspecified atom stereocenters. The van der Waals surface area contributed by atoms with Crippen LogP contribution in [0.1, 0.15) is 53.4 Å². The van der Waals surface area contributed by atoms with Gasteiger partial charge < -0.3 is 16.2 Å². The molecule has 0 fully saturated rings. The van der Waals surface area contributed by atoms with Crippen LogP contribution < -0.4 is 11.1 Å². The van der Waals surface area contributed by atoms with Crippen molar-refractivity contribution in [1.29, 1.82) is 0 Å². The van der Waals surface area contributed by atoms with Gasteiger partial charge in [-0.15, -0.1) is 11.3 Å². The predicted molar refractivity (Wildman–Crippen MR) is 79.6 cm³/mol. The van der Waals surface area contributed by atoms with Crippen molar-refractivity contribution < 1.29 is 19.5 Å². The van der Waals surface area contributed by atoms with Gasteiger partial charge in [-0.2, -0.15) is 0 Å². The fourth-order valence-corrected chi connectivity index (χ4v) is 3.80. The first-order chi connectivity index (χ1) is 9.82. The summed E-state index contributed by atoms with van der Waals surface area (Å²) in [6.07, 6.45) is 1.94. The summed E-state index contributed by atoms with van der Waals surface area (Å²) in [4.78, 5) is 35.8. The molecule has 0 spiro atoms.